The van der Waals surface area contributed by atoms with Gasteiger partial charge < -0.3 is 14.2 Å². The van der Waals surface area contributed by atoms with Crippen molar-refractivity contribution >= 4 is 17.4 Å². The van der Waals surface area contributed by atoms with Crippen LogP contribution in [0, 0.1) is 10.1 Å². The first-order chi connectivity index (χ1) is 14.5. The summed E-state index contributed by atoms with van der Waals surface area (Å²) in [6.07, 6.45) is 0. The molecule has 30 heavy (non-hydrogen) atoms. The van der Waals surface area contributed by atoms with Gasteiger partial charge in [0.15, 0.2) is 12.4 Å². The first-order valence-corrected chi connectivity index (χ1v) is 8.83. The molecular weight excluding hydrogens is 390 g/mol. The van der Waals surface area contributed by atoms with Crippen LogP contribution in [0.4, 0.5) is 5.69 Å². The zero-order chi connectivity index (χ0) is 21.5. The molecule has 8 nitrogen and oxygen atoms in total. The maximum atomic E-state index is 12.3. The molecule has 3 rings (SSSR count). The van der Waals surface area contributed by atoms with Gasteiger partial charge in [0.25, 0.3) is 5.69 Å². The summed E-state index contributed by atoms with van der Waals surface area (Å²) in [5.74, 6) is 0.397. The highest BCUT2D eigenvalue weighted by Gasteiger charge is 2.13. The Kier molecular flexibility index (Phi) is 6.39. The molecule has 8 heteroatoms. The Morgan fingerprint density at radius 2 is 1.50 bits per heavy atom. The molecule has 0 atom stereocenters. The minimum Gasteiger partial charge on any atom is -0.497 e. The predicted molar refractivity (Wildman–Crippen MR) is 107 cm³/mol. The van der Waals surface area contributed by atoms with E-state index in [9.17, 15) is 19.7 Å². The fourth-order valence-corrected chi connectivity index (χ4v) is 2.53. The van der Waals surface area contributed by atoms with Crippen LogP contribution in [0.1, 0.15) is 20.7 Å². The Morgan fingerprint density at radius 1 is 0.867 bits per heavy atom. The first-order valence-electron chi connectivity index (χ1n) is 8.83. The zero-order valence-corrected chi connectivity index (χ0v) is 15.9. The number of nitro groups is 1. The van der Waals surface area contributed by atoms with Crippen LogP contribution in [0.15, 0.2) is 72.8 Å². The molecule has 0 radical (unpaired) electrons. The number of benzene rings is 3. The lowest BCUT2D eigenvalue weighted by Gasteiger charge is -2.08. The van der Waals surface area contributed by atoms with Crippen LogP contribution in [0.2, 0.25) is 0 Å². The standard InChI is InChI=1S/C22H17NO7/c1-28-20-4-2-3-16(13-20)22(25)29-14-21(24)15-5-9-18(10-6-15)30-19-11-7-17(8-12-19)23(26)27/h2-13H,14H2,1H3. The van der Waals surface area contributed by atoms with E-state index in [0.29, 0.717) is 22.8 Å². The topological polar surface area (TPSA) is 105 Å². The van der Waals surface area contributed by atoms with Crippen LogP contribution >= 0.6 is 0 Å². The van der Waals surface area contributed by atoms with Crippen LogP contribution in [0.5, 0.6) is 17.2 Å². The summed E-state index contributed by atoms with van der Waals surface area (Å²) < 4.78 is 15.7. The maximum absolute atomic E-state index is 12.3. The van der Waals surface area contributed by atoms with E-state index >= 15 is 0 Å². The molecule has 0 saturated carbocycles. The molecule has 0 N–H and O–H groups in total. The first kappa shape index (κ1) is 20.5. The number of carbonyl (C=O) groups is 2. The Hall–Kier alpha value is -4.20. The number of rotatable bonds is 8. The van der Waals surface area contributed by atoms with Crippen molar-refractivity contribution in [2.75, 3.05) is 13.7 Å². The van der Waals surface area contributed by atoms with Gasteiger partial charge >= 0.3 is 5.97 Å². The minimum absolute atomic E-state index is 0.0354. The molecule has 0 aliphatic heterocycles. The van der Waals surface area contributed by atoms with Gasteiger partial charge in [-0.25, -0.2) is 4.79 Å². The maximum Gasteiger partial charge on any atom is 0.338 e. The van der Waals surface area contributed by atoms with Crippen LogP contribution < -0.4 is 9.47 Å². The normalized spacial score (nSPS) is 10.2. The lowest BCUT2D eigenvalue weighted by atomic mass is 10.1. The van der Waals surface area contributed by atoms with Gasteiger partial charge in [0.05, 0.1) is 17.6 Å². The van der Waals surface area contributed by atoms with Crippen molar-refractivity contribution in [1.82, 2.24) is 0 Å². The third kappa shape index (κ3) is 5.20. The highest BCUT2D eigenvalue weighted by molar-refractivity contribution is 5.99. The molecule has 0 heterocycles. The Morgan fingerprint density at radius 3 is 2.10 bits per heavy atom. The molecule has 0 saturated heterocycles. The molecule has 0 aromatic heterocycles. The summed E-state index contributed by atoms with van der Waals surface area (Å²) in [7, 11) is 1.49. The van der Waals surface area contributed by atoms with E-state index in [-0.39, 0.29) is 17.0 Å². The third-order valence-electron chi connectivity index (χ3n) is 4.10. The molecule has 0 fully saturated rings. The average Bonchev–Trinajstić information content (AvgIpc) is 2.78. The van der Waals surface area contributed by atoms with Gasteiger partial charge in [-0.05, 0) is 54.6 Å². The van der Waals surface area contributed by atoms with Gasteiger partial charge in [-0.15, -0.1) is 0 Å². The Labute approximate surface area is 171 Å². The molecule has 0 aliphatic rings. The van der Waals surface area contributed by atoms with Crippen molar-refractivity contribution in [3.8, 4) is 17.2 Å². The monoisotopic (exact) mass is 407 g/mol. The van der Waals surface area contributed by atoms with Crippen molar-refractivity contribution < 1.29 is 28.7 Å². The number of Topliss-reactive ketones (excluding diaryl/α,β-unsaturated/α-hetero) is 1. The number of non-ortho nitro benzene ring substituents is 1. The van der Waals surface area contributed by atoms with Crippen LogP contribution in [0.3, 0.4) is 0 Å². The van der Waals surface area contributed by atoms with E-state index in [1.807, 2.05) is 0 Å². The summed E-state index contributed by atoms with van der Waals surface area (Å²) in [5, 5.41) is 10.7. The number of ketones is 1. The SMILES string of the molecule is COc1cccc(C(=O)OCC(=O)c2ccc(Oc3ccc([N+](=O)[O-])cc3)cc2)c1. The second-order valence-electron chi connectivity index (χ2n) is 6.11. The molecule has 152 valence electrons. The summed E-state index contributed by atoms with van der Waals surface area (Å²) >= 11 is 0. The number of ether oxygens (including phenoxy) is 3. The second kappa shape index (κ2) is 9.33. The van der Waals surface area contributed by atoms with E-state index in [1.165, 1.54) is 37.4 Å². The molecule has 0 bridgehead atoms. The minimum atomic E-state index is -0.625. The Bertz CT molecular complexity index is 1060. The number of nitro benzene ring substituents is 1. The van der Waals surface area contributed by atoms with E-state index in [0.717, 1.165) is 0 Å². The second-order valence-corrected chi connectivity index (χ2v) is 6.11. The molecular formula is C22H17NO7. The summed E-state index contributed by atoms with van der Waals surface area (Å²) in [6, 6.07) is 18.3. The van der Waals surface area contributed by atoms with Gasteiger partial charge in [0.2, 0.25) is 0 Å². The van der Waals surface area contributed by atoms with Crippen LogP contribution in [-0.2, 0) is 4.74 Å². The number of methoxy groups -OCH3 is 1. The molecule has 0 spiro atoms. The van der Waals surface area contributed by atoms with E-state index in [1.54, 1.807) is 42.5 Å². The molecule has 3 aromatic rings. The van der Waals surface area contributed by atoms with E-state index in [4.69, 9.17) is 14.2 Å². The largest absolute Gasteiger partial charge is 0.497 e. The van der Waals surface area contributed by atoms with Crippen molar-refractivity contribution in [3.05, 3.63) is 94.0 Å². The van der Waals surface area contributed by atoms with Crippen molar-refractivity contribution in [2.45, 2.75) is 0 Å². The number of hydrogen-bond donors (Lipinski definition) is 0. The van der Waals surface area contributed by atoms with E-state index < -0.39 is 17.5 Å². The number of carbonyl (C=O) groups excluding carboxylic acids is 2. The third-order valence-corrected chi connectivity index (χ3v) is 4.10. The zero-order valence-electron chi connectivity index (χ0n) is 15.9. The van der Waals surface area contributed by atoms with Crippen molar-refractivity contribution in [3.63, 3.8) is 0 Å². The summed E-state index contributed by atoms with van der Waals surface area (Å²) in [4.78, 5) is 34.5. The van der Waals surface area contributed by atoms with Crippen LogP contribution in [-0.4, -0.2) is 30.4 Å². The van der Waals surface area contributed by atoms with Crippen molar-refractivity contribution in [1.29, 1.82) is 0 Å². The number of hydrogen-bond acceptors (Lipinski definition) is 7. The van der Waals surface area contributed by atoms with Crippen LogP contribution in [0.25, 0.3) is 0 Å². The number of nitrogens with zero attached hydrogens (tertiary/aromatic N) is 1. The lowest BCUT2D eigenvalue weighted by Crippen LogP contribution is -2.14. The summed E-state index contributed by atoms with van der Waals surface area (Å²) in [6.45, 7) is -0.404. The molecule has 3 aromatic carbocycles. The number of esters is 1. The predicted octanol–water partition coefficient (Wildman–Crippen LogP) is 4.44. The molecule has 0 amide bonds. The fraction of sp³-hybridized carbons (Fsp3) is 0.0909. The van der Waals surface area contributed by atoms with Gasteiger partial charge in [0, 0.05) is 17.7 Å². The van der Waals surface area contributed by atoms with Crippen molar-refractivity contribution in [2.24, 2.45) is 0 Å². The van der Waals surface area contributed by atoms with Gasteiger partial charge in [-0.3, -0.25) is 14.9 Å². The highest BCUT2D eigenvalue weighted by Crippen LogP contribution is 2.24. The van der Waals surface area contributed by atoms with E-state index in [2.05, 4.69) is 0 Å². The molecule has 0 aliphatic carbocycles. The van der Waals surface area contributed by atoms with Gasteiger partial charge in [-0.2, -0.15) is 0 Å². The highest BCUT2D eigenvalue weighted by atomic mass is 16.6. The molecule has 0 unspecified atom stereocenters. The van der Waals surface area contributed by atoms with Gasteiger partial charge in [0.1, 0.15) is 17.2 Å². The average molecular weight is 407 g/mol. The lowest BCUT2D eigenvalue weighted by molar-refractivity contribution is -0.384. The quantitative estimate of drug-likeness (QED) is 0.235. The van der Waals surface area contributed by atoms with Gasteiger partial charge in [-0.1, -0.05) is 6.07 Å². The smallest absolute Gasteiger partial charge is 0.338 e. The summed E-state index contributed by atoms with van der Waals surface area (Å²) in [5.41, 5.74) is 0.602. The Balaban J connectivity index is 1.56. The fourth-order valence-electron chi connectivity index (χ4n) is 2.53.